The molecule has 3 rings (SSSR count). The van der Waals surface area contributed by atoms with E-state index in [4.69, 9.17) is 16.7 Å². The molecule has 0 amide bonds. The Balaban J connectivity index is 1.50. The van der Waals surface area contributed by atoms with E-state index in [1.165, 1.54) is 16.7 Å². The molecule has 1 aliphatic heterocycles. The van der Waals surface area contributed by atoms with Crippen molar-refractivity contribution < 1.29 is 9.90 Å². The van der Waals surface area contributed by atoms with Gasteiger partial charge in [-0.3, -0.25) is 9.80 Å². The van der Waals surface area contributed by atoms with Gasteiger partial charge in [0.25, 0.3) is 0 Å². The zero-order chi connectivity index (χ0) is 19.2. The van der Waals surface area contributed by atoms with Crippen LogP contribution >= 0.6 is 11.6 Å². The van der Waals surface area contributed by atoms with Crippen LogP contribution in [0.3, 0.4) is 0 Å². The number of halogens is 1. The average Bonchev–Trinajstić information content (AvgIpc) is 2.68. The molecule has 27 heavy (non-hydrogen) atoms. The fourth-order valence-corrected chi connectivity index (χ4v) is 3.31. The van der Waals surface area contributed by atoms with Gasteiger partial charge in [0.15, 0.2) is 0 Å². The number of rotatable bonds is 6. The lowest BCUT2D eigenvalue weighted by Crippen LogP contribution is -2.45. The average molecular weight is 385 g/mol. The van der Waals surface area contributed by atoms with E-state index in [0.29, 0.717) is 12.1 Å². The molecule has 1 N–H and O–H groups in total. The maximum Gasteiger partial charge on any atom is 0.330 e. The maximum atomic E-state index is 10.9. The van der Waals surface area contributed by atoms with Crippen molar-refractivity contribution in [2.24, 2.45) is 0 Å². The lowest BCUT2D eigenvalue weighted by atomic mass is 10.0. The molecule has 2 aromatic carbocycles. The Kier molecular flexibility index (Phi) is 6.67. The summed E-state index contributed by atoms with van der Waals surface area (Å²) in [6, 6.07) is 16.6. The molecule has 0 radical (unpaired) electrons. The standard InChI is InChI=1S/C22H25ClN2O2/c1-17(22(26)27)10-11-24-12-14-25(15-13-24)16-18-2-4-19(5-3-18)20-6-8-21(23)9-7-20/h2-10H,11-16H2,1H3,(H,26,27)/b17-10+. The Labute approximate surface area is 165 Å². The SMILES string of the molecule is C/C(=C\CN1CCN(Cc2ccc(-c3ccc(Cl)cc3)cc2)CC1)C(=O)O. The van der Waals surface area contributed by atoms with E-state index in [1.54, 1.807) is 13.0 Å². The molecule has 0 atom stereocenters. The smallest absolute Gasteiger partial charge is 0.330 e. The molecular weight excluding hydrogens is 360 g/mol. The van der Waals surface area contributed by atoms with Crippen molar-refractivity contribution in [2.75, 3.05) is 32.7 Å². The van der Waals surface area contributed by atoms with Crippen molar-refractivity contribution in [3.8, 4) is 11.1 Å². The van der Waals surface area contributed by atoms with Crippen LogP contribution in [0.1, 0.15) is 12.5 Å². The van der Waals surface area contributed by atoms with Crippen LogP contribution in [0.5, 0.6) is 0 Å². The first kappa shape index (κ1) is 19.6. The van der Waals surface area contributed by atoms with E-state index in [2.05, 4.69) is 34.1 Å². The summed E-state index contributed by atoms with van der Waals surface area (Å²) in [6.07, 6.45) is 1.80. The zero-order valence-electron chi connectivity index (χ0n) is 15.6. The number of carboxylic acid groups (broad SMARTS) is 1. The second-order valence-electron chi connectivity index (χ2n) is 6.97. The summed E-state index contributed by atoms with van der Waals surface area (Å²) in [5.41, 5.74) is 4.09. The first-order chi connectivity index (χ1) is 13.0. The number of hydrogen-bond acceptors (Lipinski definition) is 3. The van der Waals surface area contributed by atoms with Gasteiger partial charge in [0.1, 0.15) is 0 Å². The van der Waals surface area contributed by atoms with E-state index in [-0.39, 0.29) is 0 Å². The second-order valence-corrected chi connectivity index (χ2v) is 7.41. The normalized spacial score (nSPS) is 16.4. The van der Waals surface area contributed by atoms with Crippen molar-refractivity contribution in [3.63, 3.8) is 0 Å². The van der Waals surface area contributed by atoms with E-state index >= 15 is 0 Å². The Morgan fingerprint density at radius 1 is 0.963 bits per heavy atom. The van der Waals surface area contributed by atoms with Crippen molar-refractivity contribution in [1.29, 1.82) is 0 Å². The van der Waals surface area contributed by atoms with Gasteiger partial charge in [0.2, 0.25) is 0 Å². The van der Waals surface area contributed by atoms with E-state index in [1.807, 2.05) is 24.3 Å². The van der Waals surface area contributed by atoms with Crippen molar-refractivity contribution in [3.05, 3.63) is 70.8 Å². The minimum absolute atomic E-state index is 0.415. The Hall–Kier alpha value is -2.14. The quantitative estimate of drug-likeness (QED) is 0.759. The van der Waals surface area contributed by atoms with Crippen LogP contribution in [0.4, 0.5) is 0 Å². The largest absolute Gasteiger partial charge is 0.478 e. The van der Waals surface area contributed by atoms with Crippen molar-refractivity contribution in [2.45, 2.75) is 13.5 Å². The topological polar surface area (TPSA) is 43.8 Å². The summed E-state index contributed by atoms with van der Waals surface area (Å²) in [7, 11) is 0. The van der Waals surface area contributed by atoms with Gasteiger partial charge in [0.05, 0.1) is 0 Å². The molecule has 0 spiro atoms. The third kappa shape index (κ3) is 5.67. The molecule has 2 aromatic rings. The predicted octanol–water partition coefficient (Wildman–Crippen LogP) is 4.16. The van der Waals surface area contributed by atoms with E-state index < -0.39 is 5.97 Å². The number of carboxylic acids is 1. The molecule has 1 aliphatic rings. The molecule has 0 aliphatic carbocycles. The van der Waals surface area contributed by atoms with Crippen LogP contribution < -0.4 is 0 Å². The highest BCUT2D eigenvalue weighted by molar-refractivity contribution is 6.30. The van der Waals surface area contributed by atoms with Gasteiger partial charge in [0, 0.05) is 49.9 Å². The summed E-state index contributed by atoms with van der Waals surface area (Å²) < 4.78 is 0. The molecule has 4 nitrogen and oxygen atoms in total. The highest BCUT2D eigenvalue weighted by Crippen LogP contribution is 2.22. The Morgan fingerprint density at radius 2 is 1.48 bits per heavy atom. The minimum Gasteiger partial charge on any atom is -0.478 e. The van der Waals surface area contributed by atoms with Crippen LogP contribution in [0, 0.1) is 0 Å². The van der Waals surface area contributed by atoms with Gasteiger partial charge in [-0.1, -0.05) is 54.1 Å². The first-order valence-electron chi connectivity index (χ1n) is 9.21. The number of carbonyl (C=O) groups is 1. The van der Waals surface area contributed by atoms with E-state index in [9.17, 15) is 4.79 Å². The van der Waals surface area contributed by atoms with Gasteiger partial charge in [-0.25, -0.2) is 4.79 Å². The van der Waals surface area contributed by atoms with Gasteiger partial charge >= 0.3 is 5.97 Å². The maximum absolute atomic E-state index is 10.9. The third-order valence-electron chi connectivity index (χ3n) is 5.00. The van der Waals surface area contributed by atoms with Crippen LogP contribution in [-0.2, 0) is 11.3 Å². The molecule has 0 bridgehead atoms. The van der Waals surface area contributed by atoms with Gasteiger partial charge in [-0.05, 0) is 35.7 Å². The minimum atomic E-state index is -0.837. The third-order valence-corrected chi connectivity index (χ3v) is 5.25. The Morgan fingerprint density at radius 3 is 2.04 bits per heavy atom. The highest BCUT2D eigenvalue weighted by atomic mass is 35.5. The molecule has 1 fully saturated rings. The number of aliphatic carboxylic acids is 1. The highest BCUT2D eigenvalue weighted by Gasteiger charge is 2.16. The number of nitrogens with zero attached hydrogens (tertiary/aromatic N) is 2. The van der Waals surface area contributed by atoms with Crippen LogP contribution in [-0.4, -0.2) is 53.6 Å². The fourth-order valence-electron chi connectivity index (χ4n) is 3.19. The van der Waals surface area contributed by atoms with E-state index in [0.717, 1.165) is 37.7 Å². The molecule has 1 saturated heterocycles. The molecule has 0 aromatic heterocycles. The van der Waals surface area contributed by atoms with Crippen LogP contribution in [0.2, 0.25) is 5.02 Å². The van der Waals surface area contributed by atoms with Crippen LogP contribution in [0.15, 0.2) is 60.2 Å². The summed E-state index contributed by atoms with van der Waals surface area (Å²) in [4.78, 5) is 15.6. The Bertz CT molecular complexity index is 792. The number of benzene rings is 2. The van der Waals surface area contributed by atoms with Gasteiger partial charge < -0.3 is 5.11 Å². The molecule has 142 valence electrons. The number of piperazine rings is 1. The number of hydrogen-bond donors (Lipinski definition) is 1. The first-order valence-corrected chi connectivity index (χ1v) is 9.59. The lowest BCUT2D eigenvalue weighted by molar-refractivity contribution is -0.132. The lowest BCUT2D eigenvalue weighted by Gasteiger charge is -2.34. The van der Waals surface area contributed by atoms with Crippen LogP contribution in [0.25, 0.3) is 11.1 Å². The summed E-state index contributed by atoms with van der Waals surface area (Å²) in [5.74, 6) is -0.837. The van der Waals surface area contributed by atoms with Gasteiger partial charge in [-0.15, -0.1) is 0 Å². The molecule has 5 heteroatoms. The van der Waals surface area contributed by atoms with Crippen molar-refractivity contribution >= 4 is 17.6 Å². The predicted molar refractivity (Wildman–Crippen MR) is 110 cm³/mol. The zero-order valence-corrected chi connectivity index (χ0v) is 16.3. The summed E-state index contributed by atoms with van der Waals surface area (Å²) in [6.45, 7) is 7.23. The molecule has 0 unspecified atom stereocenters. The van der Waals surface area contributed by atoms with Crippen molar-refractivity contribution in [1.82, 2.24) is 9.80 Å². The monoisotopic (exact) mass is 384 g/mol. The fraction of sp³-hybridized carbons (Fsp3) is 0.318. The second kappa shape index (κ2) is 9.18. The molecule has 1 heterocycles. The van der Waals surface area contributed by atoms with Gasteiger partial charge in [-0.2, -0.15) is 0 Å². The summed E-state index contributed by atoms with van der Waals surface area (Å²) >= 11 is 5.95. The molecule has 0 saturated carbocycles. The summed E-state index contributed by atoms with van der Waals surface area (Å²) in [5, 5.41) is 9.67. The molecular formula is C22H25ClN2O2.